The van der Waals surface area contributed by atoms with E-state index in [2.05, 4.69) is 35.8 Å². The van der Waals surface area contributed by atoms with E-state index in [1.807, 2.05) is 24.3 Å². The van der Waals surface area contributed by atoms with Crippen LogP contribution in [0.15, 0.2) is 24.3 Å². The zero-order valence-corrected chi connectivity index (χ0v) is 17.5. The highest BCUT2D eigenvalue weighted by Gasteiger charge is 2.48. The molecule has 2 saturated heterocycles. The molecule has 0 bridgehead atoms. The number of methoxy groups -OCH3 is 1. The van der Waals surface area contributed by atoms with Crippen molar-refractivity contribution in [1.29, 1.82) is 0 Å². The third-order valence-corrected chi connectivity index (χ3v) is 5.89. The normalized spacial score (nSPS) is 22.1. The van der Waals surface area contributed by atoms with Gasteiger partial charge in [0.15, 0.2) is 0 Å². The first-order valence-corrected chi connectivity index (χ1v) is 10.1. The van der Waals surface area contributed by atoms with E-state index in [1.54, 1.807) is 14.0 Å². The molecule has 1 unspecified atom stereocenters. The topological polar surface area (TPSA) is 147 Å². The summed E-state index contributed by atoms with van der Waals surface area (Å²) in [5.41, 5.74) is 5.78. The van der Waals surface area contributed by atoms with Crippen molar-refractivity contribution < 1.29 is 14.3 Å². The number of carbonyl (C=O) groups is 2. The molecule has 2 aliphatic heterocycles. The summed E-state index contributed by atoms with van der Waals surface area (Å²) >= 11 is 0. The Labute approximate surface area is 179 Å². The summed E-state index contributed by atoms with van der Waals surface area (Å²) in [6, 6.07) is 7.04. The zero-order valence-electron chi connectivity index (χ0n) is 17.5. The molecule has 2 fully saturated rings. The third kappa shape index (κ3) is 4.36. The first-order chi connectivity index (χ1) is 14.9. The Bertz CT molecular complexity index is 992. The van der Waals surface area contributed by atoms with Gasteiger partial charge >= 0.3 is 6.03 Å². The van der Waals surface area contributed by atoms with Gasteiger partial charge in [-0.25, -0.2) is 4.79 Å². The number of nitrogen functional groups attached to an aromatic ring is 1. The summed E-state index contributed by atoms with van der Waals surface area (Å²) in [6.07, 6.45) is 1.55. The molecule has 3 heterocycles. The highest BCUT2D eigenvalue weighted by Crippen LogP contribution is 2.31. The minimum Gasteiger partial charge on any atom is -0.495 e. The van der Waals surface area contributed by atoms with Gasteiger partial charge < -0.3 is 21.1 Å². The van der Waals surface area contributed by atoms with Crippen LogP contribution in [0.1, 0.15) is 25.6 Å². The van der Waals surface area contributed by atoms with Crippen molar-refractivity contribution in [1.82, 2.24) is 30.5 Å². The molecule has 11 heteroatoms. The molecule has 2 aromatic rings. The summed E-state index contributed by atoms with van der Waals surface area (Å²) in [5.74, 6) is 1.52. The Hall–Kier alpha value is -3.47. The second-order valence-electron chi connectivity index (χ2n) is 7.92. The fourth-order valence-corrected chi connectivity index (χ4v) is 4.15. The lowest BCUT2D eigenvalue weighted by Gasteiger charge is -2.38. The van der Waals surface area contributed by atoms with Gasteiger partial charge in [-0.2, -0.15) is 15.0 Å². The van der Waals surface area contributed by atoms with Crippen molar-refractivity contribution in [2.45, 2.75) is 31.8 Å². The minimum atomic E-state index is -0.855. The quantitative estimate of drug-likeness (QED) is 0.497. The van der Waals surface area contributed by atoms with Gasteiger partial charge in [0, 0.05) is 0 Å². The van der Waals surface area contributed by atoms with Crippen LogP contribution in [0.4, 0.5) is 22.4 Å². The maximum absolute atomic E-state index is 12.2. The molecule has 0 spiro atoms. The van der Waals surface area contributed by atoms with Crippen LogP contribution in [0.2, 0.25) is 0 Å². The summed E-state index contributed by atoms with van der Waals surface area (Å²) in [4.78, 5) is 38.9. The van der Waals surface area contributed by atoms with Gasteiger partial charge in [0.05, 0.1) is 19.3 Å². The lowest BCUT2D eigenvalue weighted by Crippen LogP contribution is -2.53. The number of likely N-dealkylation sites (tertiary alicyclic amines) is 1. The maximum atomic E-state index is 12.2. The molecule has 2 aliphatic rings. The summed E-state index contributed by atoms with van der Waals surface area (Å²) < 4.78 is 5.35. The van der Waals surface area contributed by atoms with E-state index in [4.69, 9.17) is 10.5 Å². The number of urea groups is 1. The summed E-state index contributed by atoms with van der Waals surface area (Å²) in [5, 5.41) is 8.24. The average Bonchev–Trinajstić information content (AvgIpc) is 3.01. The number of imide groups is 1. The van der Waals surface area contributed by atoms with E-state index >= 15 is 0 Å². The fourth-order valence-electron chi connectivity index (χ4n) is 4.15. The van der Waals surface area contributed by atoms with Crippen LogP contribution in [0.25, 0.3) is 0 Å². The number of nitrogens with two attached hydrogens (primary N) is 1. The van der Waals surface area contributed by atoms with E-state index < -0.39 is 11.6 Å². The van der Waals surface area contributed by atoms with Gasteiger partial charge in [0.25, 0.3) is 5.91 Å². The van der Waals surface area contributed by atoms with Crippen LogP contribution < -0.4 is 26.4 Å². The van der Waals surface area contributed by atoms with Crippen molar-refractivity contribution in [2.75, 3.05) is 31.2 Å². The van der Waals surface area contributed by atoms with Gasteiger partial charge in [0.2, 0.25) is 11.9 Å². The standard InChI is InChI=1S/C20H26N8O3/c1-20(16(29)25-19(30)27-20)12-7-9-28(10-8-12)11-15-23-17(21)26-18(24-15)22-13-5-3-4-6-14(13)31-2/h3-6,12H,7-11H2,1-2H3,(H2,25,27,29,30)(H3,21,22,23,24,26). The van der Waals surface area contributed by atoms with Crippen LogP contribution in [0.5, 0.6) is 5.75 Å². The van der Waals surface area contributed by atoms with Crippen molar-refractivity contribution in [2.24, 2.45) is 5.92 Å². The lowest BCUT2D eigenvalue weighted by molar-refractivity contribution is -0.125. The predicted octanol–water partition coefficient (Wildman–Crippen LogP) is 1.02. The van der Waals surface area contributed by atoms with E-state index in [1.165, 1.54) is 0 Å². The highest BCUT2D eigenvalue weighted by molar-refractivity contribution is 6.06. The number of aromatic nitrogens is 3. The molecule has 3 amide bonds. The highest BCUT2D eigenvalue weighted by atomic mass is 16.5. The second-order valence-corrected chi connectivity index (χ2v) is 7.92. The molecule has 0 saturated carbocycles. The molecule has 1 aromatic carbocycles. The van der Waals surface area contributed by atoms with E-state index in [9.17, 15) is 9.59 Å². The van der Waals surface area contributed by atoms with Gasteiger partial charge in [-0.05, 0) is 50.9 Å². The molecule has 0 aliphatic carbocycles. The number of rotatable bonds is 6. The van der Waals surface area contributed by atoms with Crippen LogP contribution in [-0.4, -0.2) is 57.5 Å². The minimum absolute atomic E-state index is 0.0707. The fraction of sp³-hybridized carbons (Fsp3) is 0.450. The largest absolute Gasteiger partial charge is 0.495 e. The van der Waals surface area contributed by atoms with Crippen molar-refractivity contribution in [3.63, 3.8) is 0 Å². The lowest BCUT2D eigenvalue weighted by atomic mass is 9.79. The first kappa shape index (κ1) is 20.8. The molecule has 11 nitrogen and oxygen atoms in total. The maximum Gasteiger partial charge on any atom is 0.322 e. The number of amides is 3. The predicted molar refractivity (Wildman–Crippen MR) is 114 cm³/mol. The number of piperidine rings is 1. The van der Waals surface area contributed by atoms with Crippen molar-refractivity contribution in [3.05, 3.63) is 30.1 Å². The van der Waals surface area contributed by atoms with Gasteiger partial charge in [0.1, 0.15) is 17.1 Å². The number of carbonyl (C=O) groups excluding carboxylic acids is 2. The van der Waals surface area contributed by atoms with Crippen molar-refractivity contribution in [3.8, 4) is 5.75 Å². The number of para-hydroxylation sites is 2. The summed E-state index contributed by atoms with van der Waals surface area (Å²) in [6.45, 7) is 3.81. The number of anilines is 3. The molecular weight excluding hydrogens is 400 g/mol. The molecule has 1 atom stereocenters. The van der Waals surface area contributed by atoms with Crippen LogP contribution in [0.3, 0.4) is 0 Å². The average molecular weight is 426 g/mol. The van der Waals surface area contributed by atoms with Gasteiger partial charge in [-0.1, -0.05) is 12.1 Å². The van der Waals surface area contributed by atoms with Crippen LogP contribution in [-0.2, 0) is 11.3 Å². The number of benzene rings is 1. The molecule has 31 heavy (non-hydrogen) atoms. The van der Waals surface area contributed by atoms with Crippen LogP contribution >= 0.6 is 0 Å². The Kier molecular flexibility index (Phi) is 5.59. The smallest absolute Gasteiger partial charge is 0.322 e. The number of hydrogen-bond donors (Lipinski definition) is 4. The van der Waals surface area contributed by atoms with E-state index in [0.717, 1.165) is 31.6 Å². The Morgan fingerprint density at radius 2 is 1.97 bits per heavy atom. The van der Waals surface area contributed by atoms with E-state index in [-0.39, 0.29) is 17.8 Å². The third-order valence-electron chi connectivity index (χ3n) is 5.89. The number of hydrogen-bond acceptors (Lipinski definition) is 9. The van der Waals surface area contributed by atoms with Gasteiger partial charge in [-0.15, -0.1) is 0 Å². The molecule has 0 radical (unpaired) electrons. The Balaban J connectivity index is 1.40. The number of ether oxygens (including phenoxy) is 1. The van der Waals surface area contributed by atoms with Gasteiger partial charge in [-0.3, -0.25) is 15.0 Å². The monoisotopic (exact) mass is 426 g/mol. The molecule has 164 valence electrons. The molecular formula is C20H26N8O3. The van der Waals surface area contributed by atoms with Crippen molar-refractivity contribution >= 4 is 29.5 Å². The number of nitrogens with one attached hydrogen (secondary N) is 3. The summed E-state index contributed by atoms with van der Waals surface area (Å²) in [7, 11) is 1.60. The second kappa shape index (κ2) is 8.34. The molecule has 4 rings (SSSR count). The Morgan fingerprint density at radius 3 is 2.65 bits per heavy atom. The SMILES string of the molecule is COc1ccccc1Nc1nc(N)nc(CN2CCC(C3(C)NC(=O)NC3=O)CC2)n1. The Morgan fingerprint density at radius 1 is 1.23 bits per heavy atom. The van der Waals surface area contributed by atoms with Crippen LogP contribution in [0, 0.1) is 5.92 Å². The number of nitrogens with zero attached hydrogens (tertiary/aromatic N) is 4. The zero-order chi connectivity index (χ0) is 22.0. The molecule has 1 aromatic heterocycles. The van der Waals surface area contributed by atoms with E-state index in [0.29, 0.717) is 24.1 Å². The molecule has 5 N–H and O–H groups in total. The first-order valence-electron chi connectivity index (χ1n) is 10.1.